The zero-order chi connectivity index (χ0) is 29.5. The third kappa shape index (κ3) is 4.52. The molecule has 0 fully saturated rings. The highest BCUT2D eigenvalue weighted by atomic mass is 35.8. The molecule has 220 valence electrons. The minimum atomic E-state index is -9.23. The van der Waals surface area contributed by atoms with E-state index in [2.05, 4.69) is 33.2 Å². The van der Waals surface area contributed by atoms with Crippen LogP contribution in [0.1, 0.15) is 0 Å². The normalized spacial score (nSPS) is 16.7. The molecule has 0 saturated heterocycles. The van der Waals surface area contributed by atoms with Crippen LogP contribution < -0.4 is 0 Å². The van der Waals surface area contributed by atoms with E-state index in [0.717, 1.165) is 0 Å². The fourth-order valence-electron chi connectivity index (χ4n) is 1.74. The predicted octanol–water partition coefficient (Wildman–Crippen LogP) is 7.01. The number of alkyl halides is 21. The maximum atomic E-state index is 13.4. The first kappa shape index (κ1) is 38.0. The molecule has 0 radical (unpaired) electrons. The number of halogens is 24. The minimum absolute atomic E-state index is 0. The summed E-state index contributed by atoms with van der Waals surface area (Å²) in [4.78, 5) is 0. The summed E-state index contributed by atoms with van der Waals surface area (Å²) in [6, 6.07) is -6.83. The topological polar surface area (TPSA) is 0 Å². The SMILES string of the molecule is FC(F)(F)C(F)(F)C(F)(F)C(F)(F)C(F)(F)C(F)(F)C(F)(F)C(F)(F)C(F)(F)C(F)(F)[Si](Cl)(Cl)Cl.[SiH4]. The van der Waals surface area contributed by atoms with Crippen molar-refractivity contribution in [3.63, 3.8) is 0 Å². The van der Waals surface area contributed by atoms with Gasteiger partial charge >= 0.3 is 65.1 Å². The van der Waals surface area contributed by atoms with Crippen LogP contribution in [0.5, 0.6) is 0 Å². The fourth-order valence-corrected chi connectivity index (χ4v) is 3.32. The second-order valence-corrected chi connectivity index (χ2v) is 14.6. The Bertz CT molecular complexity index is 733. The number of hydrogen-bond donors (Lipinski definition) is 0. The molecule has 0 aromatic rings. The van der Waals surface area contributed by atoms with Crippen LogP contribution in [0.4, 0.5) is 92.2 Å². The van der Waals surface area contributed by atoms with Crippen LogP contribution in [0.3, 0.4) is 0 Å². The molecule has 0 aromatic carbocycles. The summed E-state index contributed by atoms with van der Waals surface area (Å²) in [5, 5.41) is 0. The smallest absolute Gasteiger partial charge is 0.200 e. The van der Waals surface area contributed by atoms with Crippen molar-refractivity contribution in [1.29, 1.82) is 0 Å². The van der Waals surface area contributed by atoms with Crippen molar-refractivity contribution in [2.24, 2.45) is 0 Å². The quantitative estimate of drug-likeness (QED) is 0.139. The maximum Gasteiger partial charge on any atom is 0.460 e. The Labute approximate surface area is 202 Å². The molecule has 0 nitrogen and oxygen atoms in total. The molecule has 0 aliphatic heterocycles. The van der Waals surface area contributed by atoms with E-state index in [4.69, 9.17) is 0 Å². The zero-order valence-electron chi connectivity index (χ0n) is 14.6. The number of hydrogen-bond acceptors (Lipinski definition) is 0. The molecular formula is C10H4Cl3F21Si2. The van der Waals surface area contributed by atoms with Gasteiger partial charge in [0.15, 0.2) is 0 Å². The largest absolute Gasteiger partial charge is 0.460 e. The van der Waals surface area contributed by atoms with Crippen molar-refractivity contribution in [2.45, 2.75) is 59.1 Å². The highest BCUT2D eigenvalue weighted by Crippen LogP contribution is 2.67. The molecule has 36 heavy (non-hydrogen) atoms. The van der Waals surface area contributed by atoms with Crippen molar-refractivity contribution in [2.75, 3.05) is 0 Å². The Morgan fingerprint density at radius 3 is 0.639 bits per heavy atom. The third-order valence-electron chi connectivity index (χ3n) is 3.87. The molecule has 0 spiro atoms. The second kappa shape index (κ2) is 9.20. The van der Waals surface area contributed by atoms with Crippen molar-refractivity contribution in [3.05, 3.63) is 0 Å². The molecule has 0 aliphatic rings. The van der Waals surface area contributed by atoms with Gasteiger partial charge in [-0.25, -0.2) is 0 Å². The molecule has 0 bridgehead atoms. The molecule has 0 amide bonds. The molecule has 0 saturated carbocycles. The van der Waals surface area contributed by atoms with E-state index in [1.165, 1.54) is 0 Å². The summed E-state index contributed by atoms with van der Waals surface area (Å²) < 4.78 is 274. The first-order valence-corrected chi connectivity index (χ1v) is 12.1. The highest BCUT2D eigenvalue weighted by molar-refractivity contribution is 7.65. The lowest BCUT2D eigenvalue weighted by Gasteiger charge is -2.45. The summed E-state index contributed by atoms with van der Waals surface area (Å²) in [6.45, 7) is 0. The van der Waals surface area contributed by atoms with Crippen LogP contribution in [0, 0.1) is 0 Å². The lowest BCUT2D eigenvalue weighted by Crippen LogP contribution is -2.77. The van der Waals surface area contributed by atoms with Crippen LogP contribution in [0.25, 0.3) is 0 Å². The van der Waals surface area contributed by atoms with E-state index in [-0.39, 0.29) is 11.0 Å². The molecule has 0 N–H and O–H groups in total. The lowest BCUT2D eigenvalue weighted by molar-refractivity contribution is -0.472. The standard InChI is InChI=1S/C10Cl3F21Si.H4Si/c11-35(12,13)10(33,34)8(28,29)6(24,25)4(20,21)2(16,17)1(14,15)3(18,19)5(22,23)7(26,27)9(30,31)32;/h;1H4. The molecule has 0 unspecified atom stereocenters. The van der Waals surface area contributed by atoms with Gasteiger partial charge < -0.3 is 0 Å². The molecule has 0 heterocycles. The third-order valence-corrected chi connectivity index (χ3v) is 7.03. The van der Waals surface area contributed by atoms with E-state index in [9.17, 15) is 92.2 Å². The summed E-state index contributed by atoms with van der Waals surface area (Å²) in [5.41, 5.74) is -7.15. The molecule has 0 aliphatic carbocycles. The molecule has 0 aromatic heterocycles. The van der Waals surface area contributed by atoms with E-state index in [1.54, 1.807) is 0 Å². The highest BCUT2D eigenvalue weighted by Gasteiger charge is 2.98. The van der Waals surface area contributed by atoms with E-state index >= 15 is 0 Å². The number of rotatable bonds is 9. The first-order valence-electron chi connectivity index (χ1n) is 7.04. The second-order valence-electron chi connectivity index (χ2n) is 6.17. The maximum absolute atomic E-state index is 13.4. The van der Waals surface area contributed by atoms with Crippen LogP contribution in [-0.4, -0.2) is 76.1 Å². The van der Waals surface area contributed by atoms with Gasteiger partial charge in [0, 0.05) is 0 Å². The van der Waals surface area contributed by atoms with E-state index < -0.39 is 65.1 Å². The Kier molecular flexibility index (Phi) is 9.71. The van der Waals surface area contributed by atoms with Gasteiger partial charge in [-0.1, -0.05) is 0 Å². The molecule has 0 rings (SSSR count). The average molecular weight is 686 g/mol. The van der Waals surface area contributed by atoms with Gasteiger partial charge in [0.25, 0.3) is 0 Å². The predicted molar refractivity (Wildman–Crippen MR) is 85.2 cm³/mol. The van der Waals surface area contributed by atoms with Gasteiger partial charge in [-0.3, -0.25) is 0 Å². The van der Waals surface area contributed by atoms with Gasteiger partial charge in [-0.05, 0) is 11.0 Å². The van der Waals surface area contributed by atoms with Crippen molar-refractivity contribution < 1.29 is 92.2 Å². The average Bonchev–Trinajstić information content (AvgIpc) is 2.58. The Hall–Kier alpha value is -0.166. The monoisotopic (exact) mass is 684 g/mol. The molecular weight excluding hydrogens is 682 g/mol. The van der Waals surface area contributed by atoms with Gasteiger partial charge in [0.2, 0.25) is 0 Å². The zero-order valence-corrected chi connectivity index (χ0v) is 17.8. The van der Waals surface area contributed by atoms with Crippen LogP contribution in [0.15, 0.2) is 0 Å². The summed E-state index contributed by atoms with van der Waals surface area (Å²) in [6.07, 6.45) is -8.03. The van der Waals surface area contributed by atoms with E-state index in [1.807, 2.05) is 0 Å². The van der Waals surface area contributed by atoms with Gasteiger partial charge in [-0.2, -0.15) is 92.2 Å². The van der Waals surface area contributed by atoms with Crippen molar-refractivity contribution >= 4 is 50.2 Å². The van der Waals surface area contributed by atoms with Crippen molar-refractivity contribution in [3.8, 4) is 0 Å². The Balaban J connectivity index is 0. The Morgan fingerprint density at radius 1 is 0.306 bits per heavy atom. The van der Waals surface area contributed by atoms with Crippen LogP contribution >= 0.6 is 33.2 Å². The van der Waals surface area contributed by atoms with Crippen LogP contribution in [0.2, 0.25) is 0 Å². The molecule has 0 atom stereocenters. The van der Waals surface area contributed by atoms with Crippen molar-refractivity contribution in [1.82, 2.24) is 0 Å². The fraction of sp³-hybridized carbons (Fsp3) is 1.00. The van der Waals surface area contributed by atoms with Gasteiger partial charge in [-0.15, -0.1) is 33.2 Å². The lowest BCUT2D eigenvalue weighted by atomic mass is 9.87. The van der Waals surface area contributed by atoms with Gasteiger partial charge in [0.1, 0.15) is 0 Å². The molecule has 26 heteroatoms. The first-order chi connectivity index (χ1) is 14.5. The summed E-state index contributed by atoms with van der Waals surface area (Å²) in [5.74, 6) is -71.0. The van der Waals surface area contributed by atoms with E-state index in [0.29, 0.717) is 0 Å². The summed E-state index contributed by atoms with van der Waals surface area (Å²) >= 11 is 12.6. The van der Waals surface area contributed by atoms with Crippen LogP contribution in [-0.2, 0) is 0 Å². The van der Waals surface area contributed by atoms with Gasteiger partial charge in [0.05, 0.1) is 0 Å². The minimum Gasteiger partial charge on any atom is -0.200 e. The summed E-state index contributed by atoms with van der Waals surface area (Å²) in [7, 11) is 0. The Morgan fingerprint density at radius 2 is 0.472 bits per heavy atom.